The average Bonchev–Trinajstić information content (AvgIpc) is 3.00. The molecule has 88 valence electrons. The van der Waals surface area contributed by atoms with Crippen molar-refractivity contribution < 1.29 is 0 Å². The summed E-state index contributed by atoms with van der Waals surface area (Å²) in [6.07, 6.45) is 6.23. The molecule has 0 aliphatic carbocycles. The van der Waals surface area contributed by atoms with Gasteiger partial charge in [-0.25, -0.2) is 4.98 Å². The van der Waals surface area contributed by atoms with Crippen LogP contribution in [-0.2, 0) is 6.54 Å². The molecule has 1 aliphatic rings. The summed E-state index contributed by atoms with van der Waals surface area (Å²) in [5, 5.41) is 0. The number of hydrogen-bond acceptors (Lipinski definition) is 2. The van der Waals surface area contributed by atoms with Crippen molar-refractivity contribution in [2.24, 2.45) is 0 Å². The first-order valence-electron chi connectivity index (χ1n) is 6.20. The molecular weight excluding hydrogens is 210 g/mol. The van der Waals surface area contributed by atoms with Crippen molar-refractivity contribution in [2.45, 2.75) is 25.4 Å². The van der Waals surface area contributed by atoms with Gasteiger partial charge in [-0.05, 0) is 24.9 Å². The second kappa shape index (κ2) is 4.72. The van der Waals surface area contributed by atoms with Gasteiger partial charge in [-0.15, -0.1) is 0 Å². The first kappa shape index (κ1) is 10.5. The Labute approximate surface area is 101 Å². The van der Waals surface area contributed by atoms with Crippen molar-refractivity contribution in [1.29, 1.82) is 0 Å². The Balaban J connectivity index is 1.75. The van der Waals surface area contributed by atoms with Gasteiger partial charge in [0.25, 0.3) is 0 Å². The van der Waals surface area contributed by atoms with Gasteiger partial charge in [-0.3, -0.25) is 4.90 Å². The minimum absolute atomic E-state index is 0.512. The number of rotatable bonds is 3. The van der Waals surface area contributed by atoms with E-state index >= 15 is 0 Å². The van der Waals surface area contributed by atoms with E-state index in [1.54, 1.807) is 6.33 Å². The number of nitrogens with one attached hydrogen (secondary N) is 1. The largest absolute Gasteiger partial charge is 0.347 e. The van der Waals surface area contributed by atoms with E-state index < -0.39 is 0 Å². The highest BCUT2D eigenvalue weighted by Crippen LogP contribution is 2.31. The molecule has 3 nitrogen and oxygen atoms in total. The molecule has 1 fully saturated rings. The number of benzene rings is 1. The molecule has 0 radical (unpaired) electrons. The Morgan fingerprint density at radius 3 is 2.94 bits per heavy atom. The highest BCUT2D eigenvalue weighted by Gasteiger charge is 2.26. The van der Waals surface area contributed by atoms with Crippen LogP contribution in [-0.4, -0.2) is 21.4 Å². The van der Waals surface area contributed by atoms with Crippen LogP contribution in [0.15, 0.2) is 42.9 Å². The molecule has 1 aromatic heterocycles. The van der Waals surface area contributed by atoms with E-state index in [0.29, 0.717) is 6.04 Å². The third-order valence-electron chi connectivity index (χ3n) is 3.47. The smallest absolute Gasteiger partial charge is 0.0922 e. The molecule has 2 aromatic rings. The predicted octanol–water partition coefficient (Wildman–Crippen LogP) is 2.75. The van der Waals surface area contributed by atoms with Gasteiger partial charge in [0.2, 0.25) is 0 Å². The molecule has 1 atom stereocenters. The Hall–Kier alpha value is -1.61. The molecule has 17 heavy (non-hydrogen) atoms. The summed E-state index contributed by atoms with van der Waals surface area (Å²) in [7, 11) is 0. The zero-order valence-electron chi connectivity index (χ0n) is 9.84. The van der Waals surface area contributed by atoms with Gasteiger partial charge in [0.1, 0.15) is 0 Å². The zero-order chi connectivity index (χ0) is 11.5. The third kappa shape index (κ3) is 2.24. The highest BCUT2D eigenvalue weighted by molar-refractivity contribution is 5.16. The number of hydrogen-bond donors (Lipinski definition) is 1. The van der Waals surface area contributed by atoms with Crippen molar-refractivity contribution in [3.8, 4) is 0 Å². The molecule has 2 heterocycles. The Morgan fingerprint density at radius 1 is 1.29 bits per heavy atom. The van der Waals surface area contributed by atoms with Gasteiger partial charge in [-0.2, -0.15) is 0 Å². The molecule has 1 unspecified atom stereocenters. The van der Waals surface area contributed by atoms with Gasteiger partial charge in [-0.1, -0.05) is 30.3 Å². The summed E-state index contributed by atoms with van der Waals surface area (Å²) in [6, 6.07) is 11.2. The summed E-state index contributed by atoms with van der Waals surface area (Å²) in [4.78, 5) is 9.90. The second-order valence-electron chi connectivity index (χ2n) is 4.62. The van der Waals surface area contributed by atoms with E-state index in [2.05, 4.69) is 45.2 Å². The molecule has 1 saturated heterocycles. The highest BCUT2D eigenvalue weighted by atomic mass is 15.2. The lowest BCUT2D eigenvalue weighted by molar-refractivity contribution is 0.245. The summed E-state index contributed by atoms with van der Waals surface area (Å²) in [5.41, 5.74) is 2.64. The first-order chi connectivity index (χ1) is 8.43. The van der Waals surface area contributed by atoms with Gasteiger partial charge < -0.3 is 4.98 Å². The molecule has 0 bridgehead atoms. The maximum Gasteiger partial charge on any atom is 0.0922 e. The van der Waals surface area contributed by atoms with Gasteiger partial charge in [0.15, 0.2) is 0 Å². The predicted molar refractivity (Wildman–Crippen MR) is 67.4 cm³/mol. The molecule has 0 spiro atoms. The zero-order valence-corrected chi connectivity index (χ0v) is 9.84. The number of aromatic amines is 1. The van der Waals surface area contributed by atoms with E-state index in [0.717, 1.165) is 6.54 Å². The van der Waals surface area contributed by atoms with Gasteiger partial charge in [0.05, 0.1) is 18.1 Å². The Morgan fingerprint density at radius 2 is 2.18 bits per heavy atom. The molecular formula is C14H17N3. The van der Waals surface area contributed by atoms with Crippen LogP contribution in [0.5, 0.6) is 0 Å². The van der Waals surface area contributed by atoms with Crippen LogP contribution in [0.3, 0.4) is 0 Å². The van der Waals surface area contributed by atoms with Crippen LogP contribution in [0.2, 0.25) is 0 Å². The van der Waals surface area contributed by atoms with E-state index in [9.17, 15) is 0 Å². The van der Waals surface area contributed by atoms with Crippen LogP contribution in [0, 0.1) is 0 Å². The minimum Gasteiger partial charge on any atom is -0.347 e. The second-order valence-corrected chi connectivity index (χ2v) is 4.62. The third-order valence-corrected chi connectivity index (χ3v) is 3.47. The number of nitrogens with zero attached hydrogens (tertiary/aromatic N) is 2. The first-order valence-corrected chi connectivity index (χ1v) is 6.20. The SMILES string of the molecule is c1ccc(CN2CCCC2c2cnc[nH]2)cc1. The van der Waals surface area contributed by atoms with E-state index in [4.69, 9.17) is 0 Å². The molecule has 3 heteroatoms. The van der Waals surface area contributed by atoms with Crippen LogP contribution < -0.4 is 0 Å². The monoisotopic (exact) mass is 227 g/mol. The van der Waals surface area contributed by atoms with Crippen molar-refractivity contribution in [1.82, 2.24) is 14.9 Å². The van der Waals surface area contributed by atoms with Crippen LogP contribution in [0.25, 0.3) is 0 Å². The number of likely N-dealkylation sites (tertiary alicyclic amines) is 1. The average molecular weight is 227 g/mol. The topological polar surface area (TPSA) is 31.9 Å². The van der Waals surface area contributed by atoms with Crippen LogP contribution in [0.1, 0.15) is 30.1 Å². The number of imidazole rings is 1. The van der Waals surface area contributed by atoms with Crippen molar-refractivity contribution in [3.05, 3.63) is 54.1 Å². The fourth-order valence-corrected chi connectivity index (χ4v) is 2.63. The molecule has 1 N–H and O–H groups in total. The lowest BCUT2D eigenvalue weighted by atomic mass is 10.1. The molecule has 0 amide bonds. The van der Waals surface area contributed by atoms with Crippen molar-refractivity contribution in [3.63, 3.8) is 0 Å². The van der Waals surface area contributed by atoms with E-state index in [1.165, 1.54) is 30.6 Å². The molecule has 1 aliphatic heterocycles. The summed E-state index contributed by atoms with van der Waals surface area (Å²) < 4.78 is 0. The molecule has 0 saturated carbocycles. The van der Waals surface area contributed by atoms with Crippen LogP contribution in [0.4, 0.5) is 0 Å². The minimum atomic E-state index is 0.512. The lowest BCUT2D eigenvalue weighted by Crippen LogP contribution is -2.22. The number of H-pyrrole nitrogens is 1. The molecule has 1 aromatic carbocycles. The van der Waals surface area contributed by atoms with Gasteiger partial charge >= 0.3 is 0 Å². The van der Waals surface area contributed by atoms with E-state index in [-0.39, 0.29) is 0 Å². The Kier molecular flexibility index (Phi) is 2.92. The van der Waals surface area contributed by atoms with Crippen molar-refractivity contribution in [2.75, 3.05) is 6.54 Å². The standard InChI is InChI=1S/C14H17N3/c1-2-5-12(6-3-1)10-17-8-4-7-14(17)13-9-15-11-16-13/h1-3,5-6,9,11,14H,4,7-8,10H2,(H,15,16). The maximum absolute atomic E-state index is 4.13. The van der Waals surface area contributed by atoms with Crippen molar-refractivity contribution >= 4 is 0 Å². The summed E-state index contributed by atoms with van der Waals surface area (Å²) in [6.45, 7) is 2.21. The quantitative estimate of drug-likeness (QED) is 0.874. The lowest BCUT2D eigenvalue weighted by Gasteiger charge is -2.23. The van der Waals surface area contributed by atoms with Gasteiger partial charge in [0, 0.05) is 12.7 Å². The maximum atomic E-state index is 4.13. The normalized spacial score (nSPS) is 20.8. The molecule has 3 rings (SSSR count). The fraction of sp³-hybridized carbons (Fsp3) is 0.357. The number of aromatic nitrogens is 2. The fourth-order valence-electron chi connectivity index (χ4n) is 2.63. The summed E-state index contributed by atoms with van der Waals surface area (Å²) >= 11 is 0. The Bertz CT molecular complexity index is 450. The van der Waals surface area contributed by atoms with E-state index in [1.807, 2.05) is 6.20 Å². The van der Waals surface area contributed by atoms with Crippen LogP contribution >= 0.6 is 0 Å². The summed E-state index contributed by atoms with van der Waals surface area (Å²) in [5.74, 6) is 0.